The summed E-state index contributed by atoms with van der Waals surface area (Å²) in [7, 11) is 1.56. The summed E-state index contributed by atoms with van der Waals surface area (Å²) < 4.78 is 6.63. The van der Waals surface area contributed by atoms with Crippen LogP contribution in [0, 0.1) is 0 Å². The summed E-state index contributed by atoms with van der Waals surface area (Å²) in [6, 6.07) is 13.6. The van der Waals surface area contributed by atoms with E-state index in [1.54, 1.807) is 37.4 Å². The topological polar surface area (TPSA) is 138 Å². The van der Waals surface area contributed by atoms with Gasteiger partial charge in [-0.25, -0.2) is 4.68 Å². The van der Waals surface area contributed by atoms with E-state index in [9.17, 15) is 9.59 Å². The molecule has 0 aliphatic heterocycles. The summed E-state index contributed by atoms with van der Waals surface area (Å²) in [4.78, 5) is 23.2. The minimum atomic E-state index is -0.526. The van der Waals surface area contributed by atoms with Crippen LogP contribution in [0.15, 0.2) is 53.7 Å². The largest absolute Gasteiger partial charge is 0.496 e. The Morgan fingerprint density at radius 1 is 1.14 bits per heavy atom. The van der Waals surface area contributed by atoms with Crippen molar-refractivity contribution >= 4 is 29.3 Å². The molecule has 0 bridgehead atoms. The lowest BCUT2D eigenvalue weighted by molar-refractivity contribution is -0.113. The maximum atomic E-state index is 12.2. The second kappa shape index (κ2) is 8.44. The first-order valence-corrected chi connectivity index (χ1v) is 9.14. The van der Waals surface area contributed by atoms with Gasteiger partial charge in [0.05, 0.1) is 18.4 Å². The van der Waals surface area contributed by atoms with Crippen molar-refractivity contribution in [2.45, 2.75) is 5.16 Å². The minimum Gasteiger partial charge on any atom is -0.496 e. The Balaban J connectivity index is 1.64. The Morgan fingerprint density at radius 3 is 2.54 bits per heavy atom. The van der Waals surface area contributed by atoms with E-state index < -0.39 is 5.91 Å². The second-order valence-electron chi connectivity index (χ2n) is 5.65. The number of amides is 2. The van der Waals surface area contributed by atoms with Crippen LogP contribution in [0.3, 0.4) is 0 Å². The van der Waals surface area contributed by atoms with Crippen LogP contribution in [0.2, 0.25) is 0 Å². The smallest absolute Gasteiger partial charge is 0.248 e. The summed E-state index contributed by atoms with van der Waals surface area (Å²) in [6.07, 6.45) is 0. The van der Waals surface area contributed by atoms with E-state index in [0.29, 0.717) is 33.5 Å². The third-order valence-corrected chi connectivity index (χ3v) is 4.74. The van der Waals surface area contributed by atoms with Crippen LogP contribution >= 0.6 is 11.8 Å². The number of hydrogen-bond acceptors (Lipinski definition) is 7. The van der Waals surface area contributed by atoms with Crippen molar-refractivity contribution in [3.8, 4) is 17.1 Å². The van der Waals surface area contributed by atoms with Crippen molar-refractivity contribution in [1.82, 2.24) is 14.9 Å². The highest BCUT2D eigenvalue weighted by molar-refractivity contribution is 7.99. The number of thioether (sulfide) groups is 1. The number of para-hydroxylation sites is 1. The molecule has 5 N–H and O–H groups in total. The fourth-order valence-electron chi connectivity index (χ4n) is 2.43. The Morgan fingerprint density at radius 2 is 1.86 bits per heavy atom. The number of nitrogens with one attached hydrogen (secondary N) is 1. The first-order valence-electron chi connectivity index (χ1n) is 8.16. The van der Waals surface area contributed by atoms with E-state index in [1.807, 2.05) is 18.2 Å². The molecule has 2 amide bonds. The molecule has 3 aromatic rings. The Labute approximate surface area is 165 Å². The van der Waals surface area contributed by atoms with Gasteiger partial charge in [0, 0.05) is 11.3 Å². The van der Waals surface area contributed by atoms with Gasteiger partial charge in [-0.3, -0.25) is 9.59 Å². The molecule has 28 heavy (non-hydrogen) atoms. The summed E-state index contributed by atoms with van der Waals surface area (Å²) in [5.41, 5.74) is 6.81. The maximum absolute atomic E-state index is 12.2. The maximum Gasteiger partial charge on any atom is 0.248 e. The zero-order chi connectivity index (χ0) is 20.1. The van der Waals surface area contributed by atoms with Gasteiger partial charge in [0.2, 0.25) is 17.0 Å². The Bertz CT molecular complexity index is 1000. The fraction of sp³-hybridized carbons (Fsp3) is 0.111. The zero-order valence-corrected chi connectivity index (χ0v) is 15.8. The van der Waals surface area contributed by atoms with Gasteiger partial charge in [0.25, 0.3) is 0 Å². The highest BCUT2D eigenvalue weighted by Gasteiger charge is 2.16. The van der Waals surface area contributed by atoms with Crippen LogP contribution in [0.1, 0.15) is 10.4 Å². The summed E-state index contributed by atoms with van der Waals surface area (Å²) in [5, 5.41) is 11.2. The Hall–Kier alpha value is -3.53. The van der Waals surface area contributed by atoms with Gasteiger partial charge in [-0.2, -0.15) is 0 Å². The zero-order valence-electron chi connectivity index (χ0n) is 15.0. The fourth-order valence-corrected chi connectivity index (χ4v) is 3.09. The lowest BCUT2D eigenvalue weighted by atomic mass is 10.2. The number of methoxy groups -OCH3 is 1. The lowest BCUT2D eigenvalue weighted by Gasteiger charge is -2.08. The number of benzene rings is 2. The van der Waals surface area contributed by atoms with Crippen LogP contribution in [-0.2, 0) is 4.79 Å². The van der Waals surface area contributed by atoms with Crippen molar-refractivity contribution in [3.05, 3.63) is 54.1 Å². The molecule has 1 heterocycles. The van der Waals surface area contributed by atoms with Crippen LogP contribution in [0.5, 0.6) is 5.75 Å². The predicted octanol–water partition coefficient (Wildman–Crippen LogP) is 1.50. The molecule has 0 radical (unpaired) electrons. The van der Waals surface area contributed by atoms with Crippen molar-refractivity contribution in [3.63, 3.8) is 0 Å². The molecule has 0 fully saturated rings. The Kier molecular flexibility index (Phi) is 5.80. The second-order valence-corrected chi connectivity index (χ2v) is 6.60. The van der Waals surface area contributed by atoms with Crippen LogP contribution in [0.25, 0.3) is 11.4 Å². The van der Waals surface area contributed by atoms with Gasteiger partial charge in [-0.05, 0) is 36.4 Å². The molecule has 0 spiro atoms. The molecular formula is C18H18N6O3S. The van der Waals surface area contributed by atoms with Crippen molar-refractivity contribution < 1.29 is 14.3 Å². The lowest BCUT2D eigenvalue weighted by Crippen LogP contribution is -2.17. The van der Waals surface area contributed by atoms with Crippen LogP contribution in [0.4, 0.5) is 5.69 Å². The normalized spacial score (nSPS) is 10.5. The monoisotopic (exact) mass is 398 g/mol. The minimum absolute atomic E-state index is 0.0822. The average molecular weight is 398 g/mol. The van der Waals surface area contributed by atoms with Crippen molar-refractivity contribution in [2.75, 3.05) is 24.0 Å². The molecule has 1 aromatic heterocycles. The standard InChI is InChI=1S/C18H18N6O3S/c1-27-14-5-3-2-4-13(14)17-22-23-18(24(17)20)28-10-15(25)21-12-8-6-11(7-9-12)16(19)26/h2-9H,10,20H2,1H3,(H2,19,26)(H,21,25). The number of carbonyl (C=O) groups excluding carboxylic acids is 2. The quantitative estimate of drug-likeness (QED) is 0.405. The van der Waals surface area contributed by atoms with Crippen molar-refractivity contribution in [1.29, 1.82) is 0 Å². The summed E-state index contributed by atoms with van der Waals surface area (Å²) >= 11 is 1.15. The van der Waals surface area contributed by atoms with Crippen molar-refractivity contribution in [2.24, 2.45) is 5.73 Å². The number of anilines is 1. The molecule has 0 atom stereocenters. The molecule has 3 rings (SSSR count). The van der Waals surface area contributed by atoms with Gasteiger partial charge in [0.15, 0.2) is 5.82 Å². The first-order chi connectivity index (χ1) is 13.5. The molecular weight excluding hydrogens is 380 g/mol. The van der Waals surface area contributed by atoms with Gasteiger partial charge >= 0.3 is 0 Å². The van der Waals surface area contributed by atoms with E-state index in [4.69, 9.17) is 16.3 Å². The average Bonchev–Trinajstić information content (AvgIpc) is 3.07. The van der Waals surface area contributed by atoms with E-state index >= 15 is 0 Å². The number of nitrogen functional groups attached to an aromatic ring is 1. The molecule has 0 saturated heterocycles. The number of ether oxygens (including phenoxy) is 1. The molecule has 10 heteroatoms. The molecule has 9 nitrogen and oxygen atoms in total. The predicted molar refractivity (Wildman–Crippen MR) is 106 cm³/mol. The van der Waals surface area contributed by atoms with Gasteiger partial charge in [-0.15, -0.1) is 10.2 Å². The number of primary amides is 1. The number of rotatable bonds is 7. The van der Waals surface area contributed by atoms with E-state index in [0.717, 1.165) is 11.8 Å². The molecule has 0 aliphatic carbocycles. The van der Waals surface area contributed by atoms with Crippen LogP contribution in [-0.4, -0.2) is 39.6 Å². The SMILES string of the molecule is COc1ccccc1-c1nnc(SCC(=O)Nc2ccc(C(N)=O)cc2)n1N. The number of carbonyl (C=O) groups is 2. The van der Waals surface area contributed by atoms with Gasteiger partial charge in [0.1, 0.15) is 5.75 Å². The molecule has 144 valence electrons. The number of hydrogen-bond donors (Lipinski definition) is 3. The number of nitrogens with zero attached hydrogens (tertiary/aromatic N) is 3. The van der Waals surface area contributed by atoms with E-state index in [2.05, 4.69) is 15.5 Å². The summed E-state index contributed by atoms with van der Waals surface area (Å²) in [5.74, 6) is 6.44. The molecule has 2 aromatic carbocycles. The molecule has 0 aliphatic rings. The van der Waals surface area contributed by atoms with Crippen LogP contribution < -0.4 is 21.6 Å². The highest BCUT2D eigenvalue weighted by atomic mass is 32.2. The first kappa shape index (κ1) is 19.2. The highest BCUT2D eigenvalue weighted by Crippen LogP contribution is 2.29. The van der Waals surface area contributed by atoms with E-state index in [1.165, 1.54) is 4.68 Å². The third kappa shape index (κ3) is 4.23. The third-order valence-electron chi connectivity index (χ3n) is 3.80. The molecule has 0 saturated carbocycles. The molecule has 0 unspecified atom stereocenters. The summed E-state index contributed by atoms with van der Waals surface area (Å²) in [6.45, 7) is 0. The van der Waals surface area contributed by atoms with Gasteiger partial charge < -0.3 is 21.6 Å². The number of nitrogens with two attached hydrogens (primary N) is 2. The number of aromatic nitrogens is 3. The van der Waals surface area contributed by atoms with E-state index in [-0.39, 0.29) is 11.7 Å². The van der Waals surface area contributed by atoms with Gasteiger partial charge in [-0.1, -0.05) is 23.9 Å².